The molecule has 1 aliphatic rings. The molecule has 1 unspecified atom stereocenters. The first-order chi connectivity index (χ1) is 14.8. The van der Waals surface area contributed by atoms with E-state index in [1.54, 1.807) is 4.68 Å². The normalized spacial score (nSPS) is 16.8. The van der Waals surface area contributed by atoms with Crippen LogP contribution in [0.4, 0.5) is 0 Å². The lowest BCUT2D eigenvalue weighted by Gasteiger charge is -2.32. The molecule has 0 bridgehead atoms. The van der Waals surface area contributed by atoms with Crippen LogP contribution in [0.5, 0.6) is 0 Å². The fourth-order valence-electron chi connectivity index (χ4n) is 4.12. The van der Waals surface area contributed by atoms with Crippen LogP contribution in [0.3, 0.4) is 0 Å². The highest BCUT2D eigenvalue weighted by atomic mass is 16.2. The highest BCUT2D eigenvalue weighted by Gasteiger charge is 2.28. The highest BCUT2D eigenvalue weighted by Crippen LogP contribution is 2.27. The summed E-state index contributed by atoms with van der Waals surface area (Å²) in [6, 6.07) is 17.8. The molecular formula is C22H23N7O. The van der Waals surface area contributed by atoms with Crippen molar-refractivity contribution in [3.63, 3.8) is 0 Å². The van der Waals surface area contributed by atoms with Gasteiger partial charge in [0.15, 0.2) is 5.82 Å². The zero-order valence-electron chi connectivity index (χ0n) is 16.6. The molecule has 152 valence electrons. The first kappa shape index (κ1) is 18.5. The number of piperidine rings is 1. The Kier molecular flexibility index (Phi) is 4.96. The molecule has 0 saturated carbocycles. The third kappa shape index (κ3) is 3.68. The van der Waals surface area contributed by atoms with Crippen LogP contribution in [0.25, 0.3) is 16.7 Å². The molecule has 5 rings (SSSR count). The number of H-pyrrole nitrogens is 1. The van der Waals surface area contributed by atoms with Gasteiger partial charge in [0.1, 0.15) is 5.82 Å². The second-order valence-corrected chi connectivity index (χ2v) is 7.66. The van der Waals surface area contributed by atoms with Gasteiger partial charge in [-0.05, 0) is 47.5 Å². The topological polar surface area (TPSA) is 92.6 Å². The molecule has 1 saturated heterocycles. The van der Waals surface area contributed by atoms with Crippen molar-refractivity contribution in [1.29, 1.82) is 0 Å². The van der Waals surface area contributed by atoms with Crippen LogP contribution in [0.2, 0.25) is 0 Å². The lowest BCUT2D eigenvalue weighted by Crippen LogP contribution is -2.39. The van der Waals surface area contributed by atoms with Crippen LogP contribution in [0.1, 0.15) is 36.8 Å². The van der Waals surface area contributed by atoms with E-state index >= 15 is 0 Å². The van der Waals surface area contributed by atoms with Crippen molar-refractivity contribution in [2.45, 2.75) is 31.6 Å². The van der Waals surface area contributed by atoms with E-state index in [-0.39, 0.29) is 11.8 Å². The molecule has 8 nitrogen and oxygen atoms in total. The van der Waals surface area contributed by atoms with Gasteiger partial charge < -0.3 is 9.88 Å². The van der Waals surface area contributed by atoms with Gasteiger partial charge in [0, 0.05) is 31.8 Å². The number of aromatic nitrogens is 6. The number of tetrazole rings is 1. The number of imidazole rings is 1. The summed E-state index contributed by atoms with van der Waals surface area (Å²) in [6.07, 6.45) is 2.97. The van der Waals surface area contributed by atoms with Gasteiger partial charge in [-0.1, -0.05) is 30.3 Å². The number of nitrogens with zero attached hydrogens (tertiary/aromatic N) is 6. The maximum absolute atomic E-state index is 12.9. The Morgan fingerprint density at radius 2 is 1.93 bits per heavy atom. The number of likely N-dealkylation sites (tertiary alicyclic amines) is 1. The molecule has 1 amide bonds. The third-order valence-corrected chi connectivity index (χ3v) is 5.65. The molecule has 4 aromatic rings. The summed E-state index contributed by atoms with van der Waals surface area (Å²) in [5.41, 5.74) is 2.88. The molecule has 2 aromatic carbocycles. The van der Waals surface area contributed by atoms with Crippen LogP contribution in [0, 0.1) is 0 Å². The van der Waals surface area contributed by atoms with Crippen molar-refractivity contribution in [2.24, 2.45) is 0 Å². The molecule has 1 aliphatic heterocycles. The Balaban J connectivity index is 1.25. The summed E-state index contributed by atoms with van der Waals surface area (Å²) in [4.78, 5) is 22.7. The van der Waals surface area contributed by atoms with E-state index in [2.05, 4.69) is 25.5 Å². The minimum absolute atomic E-state index is 0.129. The molecule has 0 spiro atoms. The molecule has 8 heteroatoms. The number of aryl methyl sites for hydroxylation is 1. The third-order valence-electron chi connectivity index (χ3n) is 5.65. The number of para-hydroxylation sites is 3. The zero-order valence-corrected chi connectivity index (χ0v) is 16.6. The molecule has 1 atom stereocenters. The summed E-state index contributed by atoms with van der Waals surface area (Å²) in [6.45, 7) is 1.43. The smallest absolute Gasteiger partial charge is 0.223 e. The van der Waals surface area contributed by atoms with Crippen molar-refractivity contribution in [2.75, 3.05) is 13.1 Å². The fraction of sp³-hybridized carbons (Fsp3) is 0.318. The van der Waals surface area contributed by atoms with Crippen molar-refractivity contribution >= 4 is 16.9 Å². The van der Waals surface area contributed by atoms with Gasteiger partial charge >= 0.3 is 0 Å². The fourth-order valence-corrected chi connectivity index (χ4v) is 4.12. The summed E-state index contributed by atoms with van der Waals surface area (Å²) < 4.78 is 1.78. The summed E-state index contributed by atoms with van der Waals surface area (Å²) >= 11 is 0. The summed E-state index contributed by atoms with van der Waals surface area (Å²) in [5, 5.41) is 12.3. The lowest BCUT2D eigenvalue weighted by molar-refractivity contribution is -0.132. The molecule has 30 heavy (non-hydrogen) atoms. The number of benzene rings is 2. The van der Waals surface area contributed by atoms with Crippen LogP contribution >= 0.6 is 0 Å². The first-order valence-corrected chi connectivity index (χ1v) is 10.3. The molecule has 3 heterocycles. The number of rotatable bonds is 5. The Morgan fingerprint density at radius 1 is 1.10 bits per heavy atom. The SMILES string of the molecule is O=C(CCc1nc2ccccc2[nH]1)N1CCCC(c2nnnn2-c2ccccc2)C1. The van der Waals surface area contributed by atoms with Gasteiger partial charge in [-0.25, -0.2) is 4.98 Å². The second-order valence-electron chi connectivity index (χ2n) is 7.66. The Hall–Kier alpha value is -3.55. The van der Waals surface area contributed by atoms with Gasteiger partial charge in [0.25, 0.3) is 0 Å². The number of nitrogens with one attached hydrogen (secondary N) is 1. The van der Waals surface area contributed by atoms with E-state index in [1.165, 1.54) is 0 Å². The molecule has 0 aliphatic carbocycles. The second kappa shape index (κ2) is 8.06. The van der Waals surface area contributed by atoms with Gasteiger partial charge in [-0.2, -0.15) is 4.68 Å². The van der Waals surface area contributed by atoms with Crippen molar-refractivity contribution in [3.8, 4) is 5.69 Å². The molecular weight excluding hydrogens is 378 g/mol. The maximum Gasteiger partial charge on any atom is 0.223 e. The Morgan fingerprint density at radius 3 is 2.80 bits per heavy atom. The van der Waals surface area contributed by atoms with Crippen molar-refractivity contribution in [1.82, 2.24) is 35.1 Å². The molecule has 0 radical (unpaired) electrons. The van der Waals surface area contributed by atoms with Crippen molar-refractivity contribution in [3.05, 3.63) is 66.2 Å². The van der Waals surface area contributed by atoms with Gasteiger partial charge in [-0.15, -0.1) is 5.10 Å². The van der Waals surface area contributed by atoms with Crippen LogP contribution < -0.4 is 0 Å². The predicted octanol–water partition coefficient (Wildman–Crippen LogP) is 2.88. The van der Waals surface area contributed by atoms with Gasteiger partial charge in [-0.3, -0.25) is 4.79 Å². The monoisotopic (exact) mass is 401 g/mol. The number of fused-ring (bicyclic) bond motifs is 1. The zero-order chi connectivity index (χ0) is 20.3. The highest BCUT2D eigenvalue weighted by molar-refractivity contribution is 5.77. The average Bonchev–Trinajstić information content (AvgIpc) is 3.45. The van der Waals surface area contributed by atoms with Crippen molar-refractivity contribution < 1.29 is 4.79 Å². The van der Waals surface area contributed by atoms with Crippen LogP contribution in [0.15, 0.2) is 54.6 Å². The Labute approximate surface area is 173 Å². The average molecular weight is 401 g/mol. The summed E-state index contributed by atoms with van der Waals surface area (Å²) in [7, 11) is 0. The first-order valence-electron chi connectivity index (χ1n) is 10.3. The van der Waals surface area contributed by atoms with E-state index in [0.29, 0.717) is 19.4 Å². The van der Waals surface area contributed by atoms with Crippen LogP contribution in [-0.2, 0) is 11.2 Å². The van der Waals surface area contributed by atoms with Gasteiger partial charge in [0.2, 0.25) is 5.91 Å². The number of carbonyl (C=O) groups is 1. The van der Waals surface area contributed by atoms with Gasteiger partial charge in [0.05, 0.1) is 16.7 Å². The minimum atomic E-state index is 0.129. The summed E-state index contributed by atoms with van der Waals surface area (Å²) in [5.74, 6) is 1.95. The quantitative estimate of drug-likeness (QED) is 0.555. The lowest BCUT2D eigenvalue weighted by atomic mass is 9.96. The van der Waals surface area contributed by atoms with E-state index in [9.17, 15) is 4.79 Å². The van der Waals surface area contributed by atoms with E-state index in [4.69, 9.17) is 0 Å². The number of amides is 1. The standard InChI is InChI=1S/C22H23N7O/c30-21(13-12-20-23-18-10-4-5-11-19(18)24-20)28-14-6-7-16(15-28)22-25-26-27-29(22)17-8-2-1-3-9-17/h1-5,8-11,16H,6-7,12-15H2,(H,23,24). The van der Waals surface area contributed by atoms with E-state index in [0.717, 1.165) is 47.8 Å². The largest absolute Gasteiger partial charge is 0.342 e. The number of hydrogen-bond acceptors (Lipinski definition) is 5. The number of hydrogen-bond donors (Lipinski definition) is 1. The molecule has 1 N–H and O–H groups in total. The van der Waals surface area contributed by atoms with E-state index in [1.807, 2.05) is 59.5 Å². The van der Waals surface area contributed by atoms with Crippen LogP contribution in [-0.4, -0.2) is 54.1 Å². The maximum atomic E-state index is 12.9. The minimum Gasteiger partial charge on any atom is -0.342 e. The number of aromatic amines is 1. The predicted molar refractivity (Wildman–Crippen MR) is 112 cm³/mol. The van der Waals surface area contributed by atoms with E-state index < -0.39 is 0 Å². The number of carbonyl (C=O) groups excluding carboxylic acids is 1. The Bertz CT molecular complexity index is 1120. The molecule has 2 aromatic heterocycles. The molecule has 1 fully saturated rings.